The molecule has 2 saturated carbocycles. The van der Waals surface area contributed by atoms with E-state index in [1.54, 1.807) is 26.8 Å². The number of amides is 4. The van der Waals surface area contributed by atoms with Gasteiger partial charge in [0.05, 0.1) is 22.4 Å². The Bertz CT molecular complexity index is 1640. The fraction of sp³-hybridized carbons (Fsp3) is 0.606. The first-order valence-corrected chi connectivity index (χ1v) is 18.4. The average molecular weight is 725 g/mol. The molecule has 5 atom stereocenters. The quantitative estimate of drug-likeness (QED) is 0.293. The maximum atomic E-state index is 14.2. The number of allylic oxidation sites excluding steroid dienone is 1. The lowest BCUT2D eigenvalue weighted by molar-refractivity contribution is -0.141. The highest BCUT2D eigenvalue weighted by molar-refractivity contribution is 7.91. The molecule has 2 heterocycles. The number of fused-ring (bicyclic) bond motifs is 2. The molecule has 49 heavy (non-hydrogen) atoms. The number of carbonyl (C=O) groups is 5. The number of rotatable bonds is 6. The molecule has 1 aromatic carbocycles. The Morgan fingerprint density at radius 3 is 2.51 bits per heavy atom. The molecule has 4 aliphatic rings. The van der Waals surface area contributed by atoms with E-state index >= 15 is 0 Å². The van der Waals surface area contributed by atoms with Gasteiger partial charge in [-0.15, -0.1) is 0 Å². The van der Waals surface area contributed by atoms with Crippen LogP contribution in [0, 0.1) is 11.7 Å². The normalized spacial score (nSPS) is 27.8. The van der Waals surface area contributed by atoms with E-state index in [2.05, 4.69) is 15.4 Å². The van der Waals surface area contributed by atoms with Crippen LogP contribution in [-0.4, -0.2) is 84.2 Å². The average Bonchev–Trinajstić information content (AvgIpc) is 3.93. The van der Waals surface area contributed by atoms with Gasteiger partial charge >= 0.3 is 12.1 Å². The minimum Gasteiger partial charge on any atom is -0.457 e. The summed E-state index contributed by atoms with van der Waals surface area (Å²) in [6, 6.07) is 1.02. The van der Waals surface area contributed by atoms with Crippen LogP contribution < -0.4 is 15.4 Å². The maximum absolute atomic E-state index is 14.2. The zero-order valence-electron chi connectivity index (χ0n) is 27.6. The van der Waals surface area contributed by atoms with Crippen molar-refractivity contribution in [1.29, 1.82) is 0 Å². The lowest BCUT2D eigenvalue weighted by Crippen LogP contribution is -2.58. The monoisotopic (exact) mass is 724 g/mol. The predicted octanol–water partition coefficient (Wildman–Crippen LogP) is 3.50. The van der Waals surface area contributed by atoms with Gasteiger partial charge in [0, 0.05) is 12.3 Å². The fourth-order valence-corrected chi connectivity index (χ4v) is 7.62. The summed E-state index contributed by atoms with van der Waals surface area (Å²) >= 11 is 5.75. The molecule has 0 bridgehead atoms. The topological polar surface area (TPSA) is 177 Å². The van der Waals surface area contributed by atoms with Crippen molar-refractivity contribution in [3.05, 3.63) is 46.8 Å². The van der Waals surface area contributed by atoms with Gasteiger partial charge in [0.2, 0.25) is 21.8 Å². The summed E-state index contributed by atoms with van der Waals surface area (Å²) in [4.78, 5) is 68.7. The molecule has 4 amide bonds. The lowest BCUT2D eigenvalue weighted by atomic mass is 10.0. The van der Waals surface area contributed by atoms with Gasteiger partial charge < -0.3 is 25.0 Å². The smallest absolute Gasteiger partial charge is 0.408 e. The number of nitrogens with one attached hydrogen (secondary N) is 3. The summed E-state index contributed by atoms with van der Waals surface area (Å²) in [5.74, 6) is -4.48. The second-order valence-electron chi connectivity index (χ2n) is 14.1. The van der Waals surface area contributed by atoms with Crippen LogP contribution in [0.4, 0.5) is 9.18 Å². The lowest BCUT2D eigenvalue weighted by Gasteiger charge is -2.30. The van der Waals surface area contributed by atoms with Crippen molar-refractivity contribution in [3.8, 4) is 0 Å². The van der Waals surface area contributed by atoms with Crippen molar-refractivity contribution in [2.75, 3.05) is 6.54 Å². The Labute approximate surface area is 289 Å². The largest absolute Gasteiger partial charge is 0.457 e. The number of ether oxygens (including phenoxy) is 2. The van der Waals surface area contributed by atoms with Gasteiger partial charge in [-0.3, -0.25) is 19.1 Å². The molecule has 3 fully saturated rings. The summed E-state index contributed by atoms with van der Waals surface area (Å²) in [5.41, 5.74) is -2.56. The molecule has 13 nitrogen and oxygen atoms in total. The molecule has 2 aliphatic carbocycles. The molecular weight excluding hydrogens is 683 g/mol. The van der Waals surface area contributed by atoms with Crippen LogP contribution in [0.2, 0.25) is 5.02 Å². The maximum Gasteiger partial charge on any atom is 0.408 e. The Morgan fingerprint density at radius 1 is 1.10 bits per heavy atom. The SMILES string of the molecule is CC(C)(C)OC(=O)NC1CCCCCC=CC2CC2(C(=O)NS(=O)(=O)C2CC2)NC(=O)C2CC(OC(=O)c3ccc(Cl)c(F)c3)CN2C1=O. The minimum absolute atomic E-state index is 0.133. The number of hydrogen-bond acceptors (Lipinski definition) is 9. The number of hydrogen-bond donors (Lipinski definition) is 3. The van der Waals surface area contributed by atoms with E-state index < -0.39 is 86.1 Å². The third-order valence-electron chi connectivity index (χ3n) is 8.96. The van der Waals surface area contributed by atoms with Gasteiger partial charge in [0.1, 0.15) is 35.1 Å². The van der Waals surface area contributed by atoms with E-state index in [1.807, 2.05) is 6.08 Å². The Kier molecular flexibility index (Phi) is 10.6. The van der Waals surface area contributed by atoms with E-state index in [0.29, 0.717) is 32.1 Å². The van der Waals surface area contributed by atoms with E-state index in [-0.39, 0.29) is 36.4 Å². The van der Waals surface area contributed by atoms with E-state index in [1.165, 1.54) is 17.0 Å². The van der Waals surface area contributed by atoms with E-state index in [0.717, 1.165) is 12.5 Å². The van der Waals surface area contributed by atoms with Crippen LogP contribution in [0.3, 0.4) is 0 Å². The molecular formula is C33H42ClFN4O9S. The molecule has 0 aromatic heterocycles. The van der Waals surface area contributed by atoms with Crippen LogP contribution in [-0.2, 0) is 33.9 Å². The van der Waals surface area contributed by atoms with Crippen molar-refractivity contribution < 1.29 is 46.3 Å². The zero-order valence-corrected chi connectivity index (χ0v) is 29.2. The van der Waals surface area contributed by atoms with E-state index in [4.69, 9.17) is 21.1 Å². The van der Waals surface area contributed by atoms with E-state index in [9.17, 15) is 36.8 Å². The molecule has 0 radical (unpaired) electrons. The number of sulfonamides is 1. The zero-order chi connectivity index (χ0) is 35.7. The number of nitrogens with zero attached hydrogens (tertiary/aromatic N) is 1. The third-order valence-corrected chi connectivity index (χ3v) is 11.1. The van der Waals surface area contributed by atoms with Gasteiger partial charge in [-0.1, -0.05) is 36.6 Å². The summed E-state index contributed by atoms with van der Waals surface area (Å²) in [7, 11) is -3.93. The second-order valence-corrected chi connectivity index (χ2v) is 16.5. The third kappa shape index (κ3) is 8.91. The van der Waals surface area contributed by atoms with Crippen LogP contribution in [0.5, 0.6) is 0 Å². The fourth-order valence-electron chi connectivity index (χ4n) is 6.14. The van der Waals surface area contributed by atoms with Crippen molar-refractivity contribution in [3.63, 3.8) is 0 Å². The Morgan fingerprint density at radius 2 is 1.84 bits per heavy atom. The summed E-state index contributed by atoms with van der Waals surface area (Å²) < 4.78 is 52.6. The Hall–Kier alpha value is -3.72. The number of carbonyl (C=O) groups excluding carboxylic acids is 5. The van der Waals surface area contributed by atoms with Gasteiger partial charge in [0.25, 0.3) is 5.91 Å². The first kappa shape index (κ1) is 36.6. The van der Waals surface area contributed by atoms with Crippen LogP contribution in [0.15, 0.2) is 30.4 Å². The van der Waals surface area contributed by atoms with Crippen molar-refractivity contribution in [2.45, 2.75) is 113 Å². The van der Waals surface area contributed by atoms with Crippen LogP contribution in [0.25, 0.3) is 0 Å². The van der Waals surface area contributed by atoms with Crippen molar-refractivity contribution >= 4 is 51.4 Å². The highest BCUT2D eigenvalue weighted by Gasteiger charge is 2.62. The van der Waals surface area contributed by atoms with Gasteiger partial charge in [0.15, 0.2) is 0 Å². The first-order chi connectivity index (χ1) is 23.0. The standard InChI is InChI=1S/C33H42ClFN4O9S/c1-32(2,3)48-31(44)36-25-10-8-6-4-5-7-9-20-17-33(20,30(43)38-49(45,46)22-12-13-22)37-27(40)26-16-21(18-39(26)28(25)41)47-29(42)19-11-14-23(34)24(35)15-19/h7,9,11,14-15,20-22,25-26H,4-6,8,10,12-13,16-18H2,1-3H3,(H,36,44)(H,37,40)(H,38,43). The molecule has 16 heteroatoms. The highest BCUT2D eigenvalue weighted by atomic mass is 35.5. The summed E-state index contributed by atoms with van der Waals surface area (Å²) in [5, 5.41) is 4.52. The minimum atomic E-state index is -3.93. The van der Waals surface area contributed by atoms with Gasteiger partial charge in [-0.2, -0.15) is 0 Å². The molecule has 3 N–H and O–H groups in total. The molecule has 5 rings (SSSR count). The van der Waals surface area contributed by atoms with Crippen LogP contribution in [0.1, 0.15) is 88.9 Å². The predicted molar refractivity (Wildman–Crippen MR) is 175 cm³/mol. The van der Waals surface area contributed by atoms with Gasteiger partial charge in [-0.05, 0) is 77.5 Å². The van der Waals surface area contributed by atoms with Gasteiger partial charge in [-0.25, -0.2) is 22.4 Å². The highest BCUT2D eigenvalue weighted by Crippen LogP contribution is 2.46. The molecule has 5 unspecified atom stereocenters. The number of alkyl carbamates (subject to hydrolysis) is 1. The van der Waals surface area contributed by atoms with Crippen molar-refractivity contribution in [2.24, 2.45) is 5.92 Å². The van der Waals surface area contributed by atoms with Crippen LogP contribution >= 0.6 is 11.6 Å². The molecule has 2 aliphatic heterocycles. The number of halogens is 2. The summed E-state index contributed by atoms with van der Waals surface area (Å²) in [6.45, 7) is 4.79. The number of esters is 1. The number of benzene rings is 1. The molecule has 0 spiro atoms. The molecule has 1 saturated heterocycles. The molecule has 1 aromatic rings. The molecule has 268 valence electrons. The Balaban J connectivity index is 1.43. The summed E-state index contributed by atoms with van der Waals surface area (Å²) in [6.07, 6.45) is 5.56. The first-order valence-electron chi connectivity index (χ1n) is 16.5. The van der Waals surface area contributed by atoms with Crippen molar-refractivity contribution in [1.82, 2.24) is 20.3 Å². The second kappa shape index (κ2) is 14.3.